The van der Waals surface area contributed by atoms with Gasteiger partial charge >= 0.3 is 0 Å². The van der Waals surface area contributed by atoms with E-state index in [-0.39, 0.29) is 0 Å². The van der Waals surface area contributed by atoms with Gasteiger partial charge in [-0.05, 0) is 105 Å². The Kier molecular flexibility index (Phi) is 2.43. The molecule has 0 nitrogen and oxygen atoms in total. The fourth-order valence-corrected chi connectivity index (χ4v) is 6.82. The third-order valence-corrected chi connectivity index (χ3v) is 8.00. The summed E-state index contributed by atoms with van der Waals surface area (Å²) < 4.78 is 0. The molecule has 4 fully saturated rings. The van der Waals surface area contributed by atoms with Crippen molar-refractivity contribution < 1.29 is 0 Å². The van der Waals surface area contributed by atoms with Gasteiger partial charge in [0.15, 0.2) is 0 Å². The van der Waals surface area contributed by atoms with Crippen molar-refractivity contribution in [3.8, 4) is 0 Å². The Morgan fingerprint density at radius 2 is 1.55 bits per heavy atom. The second kappa shape index (κ2) is 4.02. The fraction of sp³-hybridized carbons (Fsp3) is 0.800. The van der Waals surface area contributed by atoms with E-state index in [1.807, 2.05) is 0 Å². The smallest absolute Gasteiger partial charge is 0.00473 e. The molecular formula is C20H28. The number of allylic oxidation sites excluding steroid dienone is 4. The molecule has 0 heterocycles. The van der Waals surface area contributed by atoms with Crippen molar-refractivity contribution in [1.29, 1.82) is 0 Å². The molecule has 1 atom stereocenters. The number of fused-ring (bicyclic) bond motifs is 4. The molecule has 5 rings (SSSR count). The van der Waals surface area contributed by atoms with Gasteiger partial charge in [0.2, 0.25) is 0 Å². The first-order chi connectivity index (χ1) is 9.78. The minimum absolute atomic E-state index is 0.632. The van der Waals surface area contributed by atoms with Crippen molar-refractivity contribution >= 4 is 0 Å². The van der Waals surface area contributed by atoms with Gasteiger partial charge in [-0.25, -0.2) is 0 Å². The Labute approximate surface area is 123 Å². The molecule has 0 N–H and O–H groups in total. The normalized spacial score (nSPS) is 52.8. The average Bonchev–Trinajstić information content (AvgIpc) is 3.28. The van der Waals surface area contributed by atoms with E-state index >= 15 is 0 Å². The lowest BCUT2D eigenvalue weighted by Gasteiger charge is -2.38. The Hall–Kier alpha value is -0.520. The fourth-order valence-electron chi connectivity index (χ4n) is 6.82. The standard InChI is InChI=1S/C20H28/c1-2-17(19-8-4-15(13-19)5-9-19)12-18(3-1)20-10-6-16(14-20)7-11-20/h1-2,12,15-16,18H,3-11,13-14H2. The third-order valence-electron chi connectivity index (χ3n) is 8.00. The Bertz CT molecular complexity index is 464. The van der Waals surface area contributed by atoms with Gasteiger partial charge in [-0.1, -0.05) is 18.2 Å². The van der Waals surface area contributed by atoms with Gasteiger partial charge in [-0.15, -0.1) is 0 Å². The van der Waals surface area contributed by atoms with E-state index in [0.29, 0.717) is 5.41 Å². The van der Waals surface area contributed by atoms with Crippen LogP contribution in [0.2, 0.25) is 0 Å². The van der Waals surface area contributed by atoms with Crippen molar-refractivity contribution in [1.82, 2.24) is 0 Å². The van der Waals surface area contributed by atoms with Gasteiger partial charge in [0.25, 0.3) is 0 Å². The summed E-state index contributed by atoms with van der Waals surface area (Å²) in [7, 11) is 0. The van der Waals surface area contributed by atoms with Crippen LogP contribution >= 0.6 is 0 Å². The zero-order chi connectivity index (χ0) is 13.2. The van der Waals surface area contributed by atoms with Crippen LogP contribution in [0, 0.1) is 28.6 Å². The molecule has 108 valence electrons. The van der Waals surface area contributed by atoms with Gasteiger partial charge in [-0.3, -0.25) is 0 Å². The molecule has 0 aromatic rings. The van der Waals surface area contributed by atoms with Gasteiger partial charge in [-0.2, -0.15) is 0 Å². The van der Waals surface area contributed by atoms with Crippen molar-refractivity contribution in [3.63, 3.8) is 0 Å². The molecule has 5 aliphatic carbocycles. The first kappa shape index (κ1) is 12.1. The van der Waals surface area contributed by atoms with Crippen LogP contribution in [0.5, 0.6) is 0 Å². The number of hydrogen-bond acceptors (Lipinski definition) is 0. The maximum Gasteiger partial charge on any atom is -0.00473 e. The van der Waals surface area contributed by atoms with E-state index in [0.717, 1.165) is 23.2 Å². The molecule has 0 saturated heterocycles. The SMILES string of the molecule is C1=CC(C23CCC(CC2)C3)=CC(C23CCC(CC2)C3)C1. The van der Waals surface area contributed by atoms with Crippen LogP contribution in [0.1, 0.15) is 70.6 Å². The molecule has 0 spiro atoms. The van der Waals surface area contributed by atoms with Crippen molar-refractivity contribution in [2.24, 2.45) is 28.6 Å². The van der Waals surface area contributed by atoms with Crippen LogP contribution in [-0.2, 0) is 0 Å². The summed E-state index contributed by atoms with van der Waals surface area (Å²) in [5, 5.41) is 0. The van der Waals surface area contributed by atoms with Crippen LogP contribution in [0.4, 0.5) is 0 Å². The maximum atomic E-state index is 2.79. The lowest BCUT2D eigenvalue weighted by molar-refractivity contribution is 0.204. The zero-order valence-electron chi connectivity index (χ0n) is 12.7. The van der Waals surface area contributed by atoms with Gasteiger partial charge in [0.05, 0.1) is 0 Å². The Morgan fingerprint density at radius 3 is 2.15 bits per heavy atom. The molecule has 5 aliphatic rings. The highest BCUT2D eigenvalue weighted by molar-refractivity contribution is 5.34. The predicted molar refractivity (Wildman–Crippen MR) is 83.3 cm³/mol. The highest BCUT2D eigenvalue weighted by Crippen LogP contribution is 2.62. The van der Waals surface area contributed by atoms with Gasteiger partial charge in [0.1, 0.15) is 0 Å². The molecule has 0 aromatic carbocycles. The van der Waals surface area contributed by atoms with Crippen LogP contribution in [0.15, 0.2) is 23.8 Å². The monoisotopic (exact) mass is 268 g/mol. The van der Waals surface area contributed by atoms with E-state index < -0.39 is 0 Å². The molecule has 20 heavy (non-hydrogen) atoms. The molecule has 1 unspecified atom stereocenters. The minimum Gasteiger partial charge on any atom is -0.0836 e. The van der Waals surface area contributed by atoms with Crippen LogP contribution in [0.25, 0.3) is 0 Å². The second-order valence-electron chi connectivity index (χ2n) is 8.80. The first-order valence-corrected chi connectivity index (χ1v) is 9.17. The minimum atomic E-state index is 0.632. The third kappa shape index (κ3) is 1.54. The molecule has 0 radical (unpaired) electrons. The van der Waals surface area contributed by atoms with E-state index in [2.05, 4.69) is 18.2 Å². The Morgan fingerprint density at radius 1 is 0.850 bits per heavy atom. The molecular weight excluding hydrogens is 240 g/mol. The van der Waals surface area contributed by atoms with Crippen LogP contribution in [0.3, 0.4) is 0 Å². The van der Waals surface area contributed by atoms with Crippen molar-refractivity contribution in [2.45, 2.75) is 70.6 Å². The van der Waals surface area contributed by atoms with Crippen LogP contribution < -0.4 is 0 Å². The largest absolute Gasteiger partial charge is 0.0836 e. The van der Waals surface area contributed by atoms with Crippen molar-refractivity contribution in [2.75, 3.05) is 0 Å². The Balaban J connectivity index is 1.47. The summed E-state index contributed by atoms with van der Waals surface area (Å²) >= 11 is 0. The summed E-state index contributed by atoms with van der Waals surface area (Å²) in [5.74, 6) is 3.06. The van der Waals surface area contributed by atoms with E-state index in [9.17, 15) is 0 Å². The predicted octanol–water partition coefficient (Wildman–Crippen LogP) is 5.65. The first-order valence-electron chi connectivity index (χ1n) is 9.17. The van der Waals surface area contributed by atoms with Crippen molar-refractivity contribution in [3.05, 3.63) is 23.8 Å². The lowest BCUT2D eigenvalue weighted by atomic mass is 9.66. The number of rotatable bonds is 2. The number of hydrogen-bond donors (Lipinski definition) is 0. The average molecular weight is 268 g/mol. The van der Waals surface area contributed by atoms with Crippen LogP contribution in [-0.4, -0.2) is 0 Å². The highest BCUT2D eigenvalue weighted by Gasteiger charge is 2.51. The molecule has 0 aromatic heterocycles. The topological polar surface area (TPSA) is 0 Å². The summed E-state index contributed by atoms with van der Waals surface area (Å²) in [6, 6.07) is 0. The molecule has 0 aliphatic heterocycles. The molecule has 4 bridgehead atoms. The summed E-state index contributed by atoms with van der Waals surface area (Å²) in [5.41, 5.74) is 3.14. The summed E-state index contributed by atoms with van der Waals surface area (Å²) in [4.78, 5) is 0. The molecule has 4 saturated carbocycles. The summed E-state index contributed by atoms with van der Waals surface area (Å²) in [6.07, 6.45) is 24.5. The van der Waals surface area contributed by atoms with E-state index in [4.69, 9.17) is 0 Å². The maximum absolute atomic E-state index is 2.79. The zero-order valence-corrected chi connectivity index (χ0v) is 12.7. The molecule has 0 amide bonds. The quantitative estimate of drug-likeness (QED) is 0.607. The lowest BCUT2D eigenvalue weighted by Crippen LogP contribution is -2.28. The molecule has 0 heteroatoms. The second-order valence-corrected chi connectivity index (χ2v) is 8.80. The highest BCUT2D eigenvalue weighted by atomic mass is 14.6. The summed E-state index contributed by atoms with van der Waals surface area (Å²) in [6.45, 7) is 0. The van der Waals surface area contributed by atoms with Gasteiger partial charge < -0.3 is 0 Å². The van der Waals surface area contributed by atoms with E-state index in [1.54, 1.807) is 12.0 Å². The van der Waals surface area contributed by atoms with Gasteiger partial charge in [0, 0.05) is 0 Å². The van der Waals surface area contributed by atoms with E-state index in [1.165, 1.54) is 64.2 Å².